The van der Waals surface area contributed by atoms with Crippen LogP contribution in [-0.4, -0.2) is 26.4 Å². The van der Waals surface area contributed by atoms with Gasteiger partial charge in [-0.1, -0.05) is 0 Å². The van der Waals surface area contributed by atoms with Crippen molar-refractivity contribution in [1.29, 1.82) is 0 Å². The standard InChI is InChI=1S/C20H30N2O2.2HI/c1-17-5-7-21(15-19(17)3)9-11-23-13-14-24-12-10-22-8-6-18(2)20(4)16-22;;/h5-8,15-16H,9-14H2,1-4H3;2*1H/q+2;;/p-2. The molecule has 0 bridgehead atoms. The molecule has 0 fully saturated rings. The van der Waals surface area contributed by atoms with Crippen molar-refractivity contribution in [3.63, 3.8) is 0 Å². The molecule has 6 heteroatoms. The average Bonchev–Trinajstić information content (AvgIpc) is 2.56. The Bertz CT molecular complexity index is 609. The number of hydrogen-bond donors (Lipinski definition) is 0. The molecule has 0 radical (unpaired) electrons. The summed E-state index contributed by atoms with van der Waals surface area (Å²) in [5, 5.41) is 0. The predicted molar refractivity (Wildman–Crippen MR) is 93.9 cm³/mol. The van der Waals surface area contributed by atoms with Gasteiger partial charge >= 0.3 is 0 Å². The van der Waals surface area contributed by atoms with E-state index in [1.54, 1.807) is 0 Å². The molecule has 0 unspecified atom stereocenters. The van der Waals surface area contributed by atoms with Gasteiger partial charge in [0.2, 0.25) is 0 Å². The van der Waals surface area contributed by atoms with Gasteiger partial charge in [-0.05, 0) is 38.8 Å². The topological polar surface area (TPSA) is 26.2 Å². The van der Waals surface area contributed by atoms with E-state index in [-0.39, 0.29) is 48.0 Å². The SMILES string of the molecule is Cc1cc[n+](CCOCCOCC[n+]2ccc(C)c(C)c2)cc1C.[I-].[I-]. The molecule has 0 aromatic carbocycles. The van der Waals surface area contributed by atoms with Gasteiger partial charge in [0.25, 0.3) is 0 Å². The smallest absolute Gasteiger partial charge is 0.172 e. The number of hydrogen-bond acceptors (Lipinski definition) is 2. The molecule has 2 rings (SSSR count). The van der Waals surface area contributed by atoms with Gasteiger partial charge in [0.15, 0.2) is 37.9 Å². The molecule has 2 aromatic heterocycles. The molecule has 146 valence electrons. The number of rotatable bonds is 9. The Labute approximate surface area is 192 Å². The molecular weight excluding hydrogens is 554 g/mol. The van der Waals surface area contributed by atoms with Crippen molar-refractivity contribution in [3.05, 3.63) is 59.2 Å². The van der Waals surface area contributed by atoms with E-state index in [1.165, 1.54) is 22.3 Å². The van der Waals surface area contributed by atoms with E-state index in [9.17, 15) is 0 Å². The maximum atomic E-state index is 5.64. The number of aryl methyl sites for hydroxylation is 4. The van der Waals surface area contributed by atoms with E-state index in [0.29, 0.717) is 26.4 Å². The van der Waals surface area contributed by atoms with Crippen LogP contribution in [0.3, 0.4) is 0 Å². The second kappa shape index (κ2) is 13.8. The Hall–Kier alpha value is -0.320. The number of nitrogens with zero attached hydrogens (tertiary/aromatic N) is 2. The van der Waals surface area contributed by atoms with Crippen LogP contribution in [0.4, 0.5) is 0 Å². The normalized spacial score (nSPS) is 10.2. The molecule has 0 saturated carbocycles. The molecule has 4 nitrogen and oxygen atoms in total. The lowest BCUT2D eigenvalue weighted by atomic mass is 10.2. The molecular formula is C20H30I2N2O2. The van der Waals surface area contributed by atoms with Crippen LogP contribution in [0.5, 0.6) is 0 Å². The lowest BCUT2D eigenvalue weighted by Crippen LogP contribution is -3.00. The maximum Gasteiger partial charge on any atom is 0.172 e. The Balaban J connectivity index is 0.00000312. The van der Waals surface area contributed by atoms with Gasteiger partial charge in [-0.25, -0.2) is 9.13 Å². The summed E-state index contributed by atoms with van der Waals surface area (Å²) in [5.41, 5.74) is 5.26. The summed E-state index contributed by atoms with van der Waals surface area (Å²) in [6.07, 6.45) is 8.53. The highest BCUT2D eigenvalue weighted by Crippen LogP contribution is 2.01. The lowest BCUT2D eigenvalue weighted by Gasteiger charge is -2.05. The van der Waals surface area contributed by atoms with Crippen molar-refractivity contribution in [1.82, 2.24) is 0 Å². The summed E-state index contributed by atoms with van der Waals surface area (Å²) < 4.78 is 15.6. The minimum Gasteiger partial charge on any atom is -1.00 e. The zero-order valence-electron chi connectivity index (χ0n) is 16.2. The predicted octanol–water partition coefficient (Wildman–Crippen LogP) is -3.76. The van der Waals surface area contributed by atoms with Gasteiger partial charge in [0.1, 0.15) is 13.2 Å². The van der Waals surface area contributed by atoms with Crippen LogP contribution in [0.2, 0.25) is 0 Å². The second-order valence-corrected chi connectivity index (χ2v) is 6.32. The first-order valence-electron chi connectivity index (χ1n) is 8.64. The van der Waals surface area contributed by atoms with Crippen LogP contribution in [0.1, 0.15) is 22.3 Å². The molecule has 0 aliphatic heterocycles. The molecule has 2 aromatic rings. The molecule has 0 saturated heterocycles. The first kappa shape index (κ1) is 25.7. The fourth-order valence-corrected chi connectivity index (χ4v) is 2.41. The minimum atomic E-state index is 0. The van der Waals surface area contributed by atoms with Crippen molar-refractivity contribution < 1.29 is 66.6 Å². The summed E-state index contributed by atoms with van der Waals surface area (Å²) in [5.74, 6) is 0. The highest BCUT2D eigenvalue weighted by molar-refractivity contribution is 5.17. The lowest BCUT2D eigenvalue weighted by molar-refractivity contribution is -0.699. The third-order valence-electron chi connectivity index (χ3n) is 4.35. The number of halogens is 2. The van der Waals surface area contributed by atoms with Gasteiger partial charge in [0.05, 0.1) is 13.2 Å². The highest BCUT2D eigenvalue weighted by atomic mass is 127. The zero-order chi connectivity index (χ0) is 17.4. The average molecular weight is 584 g/mol. The Morgan fingerprint density at radius 1 is 0.615 bits per heavy atom. The van der Waals surface area contributed by atoms with Crippen molar-refractivity contribution in [2.24, 2.45) is 0 Å². The van der Waals surface area contributed by atoms with Crippen molar-refractivity contribution in [2.75, 3.05) is 26.4 Å². The molecule has 0 aliphatic carbocycles. The first-order chi connectivity index (χ1) is 11.6. The Kier molecular flexibility index (Phi) is 13.6. The van der Waals surface area contributed by atoms with Gasteiger partial charge in [0, 0.05) is 23.3 Å². The summed E-state index contributed by atoms with van der Waals surface area (Å²) in [4.78, 5) is 0. The van der Waals surface area contributed by atoms with E-state index in [2.05, 4.69) is 73.7 Å². The van der Waals surface area contributed by atoms with E-state index in [4.69, 9.17) is 9.47 Å². The van der Waals surface area contributed by atoms with E-state index in [0.717, 1.165) is 13.1 Å². The molecule has 26 heavy (non-hydrogen) atoms. The molecule has 0 amide bonds. The van der Waals surface area contributed by atoms with Gasteiger partial charge in [-0.15, -0.1) is 0 Å². The Morgan fingerprint density at radius 2 is 1.00 bits per heavy atom. The molecule has 2 heterocycles. The van der Waals surface area contributed by atoms with E-state index < -0.39 is 0 Å². The van der Waals surface area contributed by atoms with Gasteiger partial charge in [-0.2, -0.15) is 0 Å². The molecule has 0 N–H and O–H groups in total. The van der Waals surface area contributed by atoms with Crippen LogP contribution >= 0.6 is 0 Å². The molecule has 0 spiro atoms. The minimum absolute atomic E-state index is 0. The third kappa shape index (κ3) is 9.05. The van der Waals surface area contributed by atoms with Crippen molar-refractivity contribution in [2.45, 2.75) is 40.8 Å². The number of aromatic nitrogens is 2. The largest absolute Gasteiger partial charge is 1.00 e. The second-order valence-electron chi connectivity index (χ2n) is 6.32. The first-order valence-corrected chi connectivity index (χ1v) is 8.64. The zero-order valence-corrected chi connectivity index (χ0v) is 20.5. The van der Waals surface area contributed by atoms with Crippen LogP contribution in [0, 0.1) is 27.7 Å². The highest BCUT2D eigenvalue weighted by Gasteiger charge is 2.04. The van der Waals surface area contributed by atoms with Crippen LogP contribution in [-0.2, 0) is 22.6 Å². The third-order valence-corrected chi connectivity index (χ3v) is 4.35. The van der Waals surface area contributed by atoms with Crippen molar-refractivity contribution >= 4 is 0 Å². The molecule has 0 atom stereocenters. The maximum absolute atomic E-state index is 5.64. The van der Waals surface area contributed by atoms with Crippen LogP contribution < -0.4 is 57.1 Å². The number of ether oxygens (including phenoxy) is 2. The van der Waals surface area contributed by atoms with E-state index >= 15 is 0 Å². The number of pyridine rings is 2. The quantitative estimate of drug-likeness (QED) is 0.172. The van der Waals surface area contributed by atoms with Gasteiger partial charge < -0.3 is 57.4 Å². The monoisotopic (exact) mass is 584 g/mol. The summed E-state index contributed by atoms with van der Waals surface area (Å²) in [7, 11) is 0. The van der Waals surface area contributed by atoms with Crippen molar-refractivity contribution in [3.8, 4) is 0 Å². The van der Waals surface area contributed by atoms with Gasteiger partial charge in [-0.3, -0.25) is 0 Å². The van der Waals surface area contributed by atoms with Crippen LogP contribution in [0.25, 0.3) is 0 Å². The fourth-order valence-electron chi connectivity index (χ4n) is 2.41. The molecule has 0 aliphatic rings. The van der Waals surface area contributed by atoms with Crippen LogP contribution in [0.15, 0.2) is 36.9 Å². The van der Waals surface area contributed by atoms with E-state index in [1.807, 2.05) is 0 Å². The summed E-state index contributed by atoms with van der Waals surface area (Å²) >= 11 is 0. The fraction of sp³-hybridized carbons (Fsp3) is 0.500. The summed E-state index contributed by atoms with van der Waals surface area (Å²) in [6.45, 7) is 13.0. The summed E-state index contributed by atoms with van der Waals surface area (Å²) in [6, 6.07) is 4.28. The Morgan fingerprint density at radius 3 is 1.35 bits per heavy atom.